The minimum Gasteiger partial charge on any atom is -0.356 e. The summed E-state index contributed by atoms with van der Waals surface area (Å²) in [6, 6.07) is 10.9. The molecule has 2 N–H and O–H groups in total. The Bertz CT molecular complexity index is 662. The van der Waals surface area contributed by atoms with Gasteiger partial charge in [0.2, 0.25) is 0 Å². The quantitative estimate of drug-likeness (QED) is 0.515. The van der Waals surface area contributed by atoms with E-state index in [-0.39, 0.29) is 0 Å². The molecule has 0 aliphatic rings. The lowest BCUT2D eigenvalue weighted by Crippen LogP contribution is -2.38. The van der Waals surface area contributed by atoms with Gasteiger partial charge in [0.05, 0.1) is 0 Å². The van der Waals surface area contributed by atoms with Crippen LogP contribution in [0.15, 0.2) is 46.1 Å². The van der Waals surface area contributed by atoms with Gasteiger partial charge in [-0.25, -0.2) is 0 Å². The number of hydrogen-bond donors (Lipinski definition) is 2. The number of hydrogen-bond acceptors (Lipinski definition) is 3. The molecule has 1 atom stereocenters. The van der Waals surface area contributed by atoms with Gasteiger partial charge in [-0.05, 0) is 52.5 Å². The highest BCUT2D eigenvalue weighted by atomic mass is 32.1. The van der Waals surface area contributed by atoms with Crippen molar-refractivity contribution >= 4 is 17.3 Å². The standard InChI is InChI=1S/C21H32N4S/c1-5-25(6-2)15-19-10-8-7-9-18(19)14-24-21(22-4)23-13-17(3)20-11-12-26-16-20/h7-12,16-17H,5-6,13-15H2,1-4H3,(H2,22,23,24). The molecule has 0 aliphatic carbocycles. The maximum atomic E-state index is 4.37. The zero-order valence-electron chi connectivity index (χ0n) is 16.5. The zero-order valence-corrected chi connectivity index (χ0v) is 17.3. The molecule has 1 aromatic heterocycles. The number of rotatable bonds is 9. The van der Waals surface area contributed by atoms with Gasteiger partial charge in [0, 0.05) is 26.7 Å². The van der Waals surface area contributed by atoms with E-state index in [4.69, 9.17) is 0 Å². The smallest absolute Gasteiger partial charge is 0.191 e. The van der Waals surface area contributed by atoms with Crippen LogP contribution in [0.4, 0.5) is 0 Å². The summed E-state index contributed by atoms with van der Waals surface area (Å²) in [4.78, 5) is 6.80. The fraction of sp³-hybridized carbons (Fsp3) is 0.476. The second-order valence-corrected chi connectivity index (χ2v) is 7.27. The lowest BCUT2D eigenvalue weighted by molar-refractivity contribution is 0.295. The third kappa shape index (κ3) is 6.15. The van der Waals surface area contributed by atoms with E-state index in [1.807, 2.05) is 7.05 Å². The minimum atomic E-state index is 0.467. The average Bonchev–Trinajstić information content (AvgIpc) is 3.21. The first-order valence-electron chi connectivity index (χ1n) is 9.43. The van der Waals surface area contributed by atoms with Crippen LogP contribution in [0.2, 0.25) is 0 Å². The predicted octanol–water partition coefficient (Wildman–Crippen LogP) is 4.06. The summed E-state index contributed by atoms with van der Waals surface area (Å²) < 4.78 is 0. The first kappa shape index (κ1) is 20.5. The van der Waals surface area contributed by atoms with Crippen molar-refractivity contribution < 1.29 is 0 Å². The molecule has 2 rings (SSSR count). The molecule has 2 aromatic rings. The summed E-state index contributed by atoms with van der Waals surface area (Å²) in [6.07, 6.45) is 0. The number of aliphatic imine (C=N–C) groups is 1. The molecule has 0 bridgehead atoms. The Morgan fingerprint density at radius 1 is 1.12 bits per heavy atom. The molecule has 4 nitrogen and oxygen atoms in total. The summed E-state index contributed by atoms with van der Waals surface area (Å²) in [6.45, 7) is 11.5. The first-order valence-corrected chi connectivity index (χ1v) is 10.4. The maximum Gasteiger partial charge on any atom is 0.191 e. The Morgan fingerprint density at radius 2 is 1.85 bits per heavy atom. The topological polar surface area (TPSA) is 39.7 Å². The molecule has 5 heteroatoms. The van der Waals surface area contributed by atoms with Crippen LogP contribution in [0, 0.1) is 0 Å². The second kappa shape index (κ2) is 11.0. The summed E-state index contributed by atoms with van der Waals surface area (Å²) >= 11 is 1.75. The van der Waals surface area contributed by atoms with Gasteiger partial charge in [-0.1, -0.05) is 45.0 Å². The van der Waals surface area contributed by atoms with Gasteiger partial charge in [0.25, 0.3) is 0 Å². The van der Waals surface area contributed by atoms with Gasteiger partial charge >= 0.3 is 0 Å². The number of nitrogens with zero attached hydrogens (tertiary/aromatic N) is 2. The van der Waals surface area contributed by atoms with E-state index in [1.165, 1.54) is 16.7 Å². The van der Waals surface area contributed by atoms with Crippen molar-refractivity contribution in [3.63, 3.8) is 0 Å². The number of nitrogens with one attached hydrogen (secondary N) is 2. The van der Waals surface area contributed by atoms with Crippen LogP contribution in [0.1, 0.15) is 43.4 Å². The molecule has 1 unspecified atom stereocenters. The van der Waals surface area contributed by atoms with E-state index in [9.17, 15) is 0 Å². The second-order valence-electron chi connectivity index (χ2n) is 6.49. The monoisotopic (exact) mass is 372 g/mol. The molecule has 26 heavy (non-hydrogen) atoms. The largest absolute Gasteiger partial charge is 0.356 e. The molecule has 1 aromatic carbocycles. The molecule has 0 spiro atoms. The Morgan fingerprint density at radius 3 is 2.46 bits per heavy atom. The SMILES string of the molecule is CCN(CC)Cc1ccccc1CNC(=NC)NCC(C)c1ccsc1. The molecule has 142 valence electrons. The molecule has 0 radical (unpaired) electrons. The van der Waals surface area contributed by atoms with Gasteiger partial charge in [0.15, 0.2) is 5.96 Å². The summed E-state index contributed by atoms with van der Waals surface area (Å²) in [7, 11) is 1.83. The van der Waals surface area contributed by atoms with Gasteiger partial charge in [-0.3, -0.25) is 9.89 Å². The molecule has 0 amide bonds. The van der Waals surface area contributed by atoms with E-state index < -0.39 is 0 Å². The van der Waals surface area contributed by atoms with Crippen molar-refractivity contribution in [3.8, 4) is 0 Å². The highest BCUT2D eigenvalue weighted by Crippen LogP contribution is 2.17. The van der Waals surface area contributed by atoms with E-state index in [0.29, 0.717) is 5.92 Å². The van der Waals surface area contributed by atoms with E-state index in [2.05, 4.69) is 82.4 Å². The van der Waals surface area contributed by atoms with E-state index in [0.717, 1.165) is 38.7 Å². The van der Waals surface area contributed by atoms with Crippen molar-refractivity contribution in [3.05, 3.63) is 57.8 Å². The van der Waals surface area contributed by atoms with Gasteiger partial charge < -0.3 is 10.6 Å². The first-order chi connectivity index (χ1) is 12.7. The van der Waals surface area contributed by atoms with Crippen molar-refractivity contribution in [2.75, 3.05) is 26.7 Å². The van der Waals surface area contributed by atoms with Crippen LogP contribution < -0.4 is 10.6 Å². The predicted molar refractivity (Wildman–Crippen MR) is 114 cm³/mol. The normalized spacial score (nSPS) is 13.0. The van der Waals surface area contributed by atoms with Gasteiger partial charge in [-0.15, -0.1) is 0 Å². The number of guanidine groups is 1. The summed E-state index contributed by atoms with van der Waals surface area (Å²) in [5.74, 6) is 1.32. The molecular formula is C21H32N4S. The lowest BCUT2D eigenvalue weighted by Gasteiger charge is -2.21. The molecule has 0 aliphatic heterocycles. The van der Waals surface area contributed by atoms with Crippen LogP contribution in [0.3, 0.4) is 0 Å². The van der Waals surface area contributed by atoms with E-state index >= 15 is 0 Å². The molecule has 1 heterocycles. The van der Waals surface area contributed by atoms with Gasteiger partial charge in [-0.2, -0.15) is 11.3 Å². The Labute approximate surface area is 162 Å². The number of thiophene rings is 1. The summed E-state index contributed by atoms with van der Waals surface area (Å²) in [5, 5.41) is 11.2. The van der Waals surface area contributed by atoms with Crippen LogP contribution in [-0.4, -0.2) is 37.5 Å². The Kier molecular flexibility index (Phi) is 8.65. The van der Waals surface area contributed by atoms with Crippen molar-refractivity contribution in [1.29, 1.82) is 0 Å². The highest BCUT2D eigenvalue weighted by Gasteiger charge is 2.09. The van der Waals surface area contributed by atoms with Crippen molar-refractivity contribution in [2.45, 2.75) is 39.8 Å². The fourth-order valence-electron chi connectivity index (χ4n) is 2.89. The Balaban J connectivity index is 1.90. The molecule has 0 saturated heterocycles. The third-order valence-corrected chi connectivity index (χ3v) is 5.47. The number of benzene rings is 1. The fourth-order valence-corrected chi connectivity index (χ4v) is 3.68. The summed E-state index contributed by atoms with van der Waals surface area (Å²) in [5.41, 5.74) is 4.08. The van der Waals surface area contributed by atoms with Crippen LogP contribution in [-0.2, 0) is 13.1 Å². The minimum absolute atomic E-state index is 0.467. The molecule has 0 fully saturated rings. The third-order valence-electron chi connectivity index (χ3n) is 4.76. The van der Waals surface area contributed by atoms with Crippen LogP contribution in [0.25, 0.3) is 0 Å². The zero-order chi connectivity index (χ0) is 18.8. The molecule has 0 saturated carbocycles. The average molecular weight is 373 g/mol. The van der Waals surface area contributed by atoms with Crippen molar-refractivity contribution in [2.24, 2.45) is 4.99 Å². The lowest BCUT2D eigenvalue weighted by atomic mass is 10.1. The maximum absolute atomic E-state index is 4.37. The van der Waals surface area contributed by atoms with Crippen LogP contribution in [0.5, 0.6) is 0 Å². The molecular weight excluding hydrogens is 340 g/mol. The van der Waals surface area contributed by atoms with Gasteiger partial charge in [0.1, 0.15) is 0 Å². The van der Waals surface area contributed by atoms with Crippen molar-refractivity contribution in [1.82, 2.24) is 15.5 Å². The highest BCUT2D eigenvalue weighted by molar-refractivity contribution is 7.07. The van der Waals surface area contributed by atoms with E-state index in [1.54, 1.807) is 11.3 Å². The van der Waals surface area contributed by atoms with Crippen LogP contribution >= 0.6 is 11.3 Å². The Hall–Kier alpha value is -1.85.